The van der Waals surface area contributed by atoms with Gasteiger partial charge in [-0.2, -0.15) is 0 Å². The molecule has 0 heterocycles. The SMILES string of the molecule is Cc1cc(O)cc(C)c1C[C@H](N)C(=O)N[C@H](C)C(=O)N[C@@H](Cc1ccccc1)C(=O)NCC(=O)N[C@H](C(=O)N[C@H](C(=O)NCC(N)=O)C(C)C)C(C)C. The van der Waals surface area contributed by atoms with E-state index >= 15 is 0 Å². The van der Waals surface area contributed by atoms with E-state index in [-0.39, 0.29) is 24.5 Å². The number of phenolic OH excluding ortho intramolecular Hbond substituents is 1. The summed E-state index contributed by atoms with van der Waals surface area (Å²) in [6, 6.07) is 6.68. The zero-order valence-corrected chi connectivity index (χ0v) is 31.4. The Balaban J connectivity index is 2.08. The topological polar surface area (TPSA) is 264 Å². The molecule has 2 rings (SSSR count). The van der Waals surface area contributed by atoms with Gasteiger partial charge in [-0.05, 0) is 73.4 Å². The van der Waals surface area contributed by atoms with E-state index in [2.05, 4.69) is 31.9 Å². The molecule has 16 heteroatoms. The second kappa shape index (κ2) is 20.5. The maximum Gasteiger partial charge on any atom is 0.243 e. The number of aryl methyl sites for hydroxylation is 2. The minimum absolute atomic E-state index is 0.0606. The molecule has 2 aromatic carbocycles. The highest BCUT2D eigenvalue weighted by Gasteiger charge is 2.31. The van der Waals surface area contributed by atoms with Gasteiger partial charge in [-0.25, -0.2) is 0 Å². The molecule has 0 unspecified atom stereocenters. The molecule has 16 nitrogen and oxygen atoms in total. The van der Waals surface area contributed by atoms with Gasteiger partial charge in [-0.3, -0.25) is 33.6 Å². The summed E-state index contributed by atoms with van der Waals surface area (Å²) in [5.41, 5.74) is 14.3. The highest BCUT2D eigenvalue weighted by molar-refractivity contribution is 5.96. The van der Waals surface area contributed by atoms with Crippen LogP contribution in [0.3, 0.4) is 0 Å². The van der Waals surface area contributed by atoms with Gasteiger partial charge >= 0.3 is 0 Å². The number of nitrogens with two attached hydrogens (primary N) is 2. The second-order valence-corrected chi connectivity index (χ2v) is 13.8. The van der Waals surface area contributed by atoms with Crippen LogP contribution in [0.1, 0.15) is 56.9 Å². The number of carbonyl (C=O) groups excluding carboxylic acids is 7. The molecule has 0 aliphatic carbocycles. The van der Waals surface area contributed by atoms with E-state index in [1.54, 1.807) is 84.0 Å². The summed E-state index contributed by atoms with van der Waals surface area (Å²) in [6.45, 7) is 10.9. The Bertz CT molecular complexity index is 1610. The number of aromatic hydroxyl groups is 1. The van der Waals surface area contributed by atoms with Gasteiger partial charge in [0.05, 0.1) is 19.1 Å². The largest absolute Gasteiger partial charge is 0.508 e. The smallest absolute Gasteiger partial charge is 0.243 e. The zero-order valence-electron chi connectivity index (χ0n) is 31.4. The first-order valence-corrected chi connectivity index (χ1v) is 17.4. The predicted octanol–water partition coefficient (Wildman–Crippen LogP) is -0.890. The molecule has 290 valence electrons. The van der Waals surface area contributed by atoms with Crippen molar-refractivity contribution in [3.8, 4) is 5.75 Å². The standard InChI is InChI=1S/C37H54N8O8/c1-19(2)31(36(52)40-17-29(39)47)45-37(53)32(20(3)4)44-30(48)18-41-35(51)28(15-24-11-9-8-10-12-24)43-33(49)23(7)42-34(50)27(38)16-26-21(5)13-25(46)14-22(26)6/h8-14,19-20,23,27-28,31-32,46H,15-18,38H2,1-7H3,(H2,39,47)(H,40,52)(H,41,51)(H,42,50)(H,43,49)(H,44,48)(H,45,53)/t23-,27+,28+,31+,32+/m1/s1. The van der Waals surface area contributed by atoms with Crippen LogP contribution in [0.2, 0.25) is 0 Å². The van der Waals surface area contributed by atoms with Crippen molar-refractivity contribution in [3.05, 3.63) is 64.7 Å². The van der Waals surface area contributed by atoms with Crippen LogP contribution < -0.4 is 43.4 Å². The third-order valence-corrected chi connectivity index (χ3v) is 8.48. The number of carbonyl (C=O) groups is 7. The number of benzene rings is 2. The van der Waals surface area contributed by atoms with Crippen LogP contribution in [-0.4, -0.2) is 89.8 Å². The number of hydrogen-bond donors (Lipinski definition) is 9. The number of primary amides is 1. The minimum atomic E-state index is -1.15. The Morgan fingerprint density at radius 3 is 1.75 bits per heavy atom. The summed E-state index contributed by atoms with van der Waals surface area (Å²) in [6.07, 6.45) is 0.230. The Kier molecular flexibility index (Phi) is 16.9. The van der Waals surface area contributed by atoms with Crippen molar-refractivity contribution in [1.29, 1.82) is 0 Å². The number of nitrogens with one attached hydrogen (secondary N) is 6. The van der Waals surface area contributed by atoms with Gasteiger partial charge in [0.15, 0.2) is 0 Å². The van der Waals surface area contributed by atoms with Crippen molar-refractivity contribution < 1.29 is 38.7 Å². The lowest BCUT2D eigenvalue weighted by molar-refractivity contribution is -0.134. The molecule has 11 N–H and O–H groups in total. The lowest BCUT2D eigenvalue weighted by Crippen LogP contribution is -2.58. The fourth-order valence-corrected chi connectivity index (χ4v) is 5.46. The van der Waals surface area contributed by atoms with Crippen LogP contribution in [0.4, 0.5) is 0 Å². The monoisotopic (exact) mass is 738 g/mol. The Morgan fingerprint density at radius 1 is 0.660 bits per heavy atom. The van der Waals surface area contributed by atoms with Crippen molar-refractivity contribution in [3.63, 3.8) is 0 Å². The van der Waals surface area contributed by atoms with Crippen molar-refractivity contribution in [2.45, 2.75) is 91.5 Å². The summed E-state index contributed by atoms with van der Waals surface area (Å²) in [7, 11) is 0. The maximum absolute atomic E-state index is 13.4. The van der Waals surface area contributed by atoms with Crippen molar-refractivity contribution in [1.82, 2.24) is 31.9 Å². The summed E-state index contributed by atoms with van der Waals surface area (Å²) < 4.78 is 0. The highest BCUT2D eigenvalue weighted by Crippen LogP contribution is 2.22. The van der Waals surface area contributed by atoms with Gasteiger partial charge in [0.2, 0.25) is 41.4 Å². The molecule has 0 aromatic heterocycles. The molecule has 0 radical (unpaired) electrons. The van der Waals surface area contributed by atoms with Crippen molar-refractivity contribution in [2.24, 2.45) is 23.3 Å². The van der Waals surface area contributed by atoms with E-state index < -0.39 is 90.6 Å². The number of hydrogen-bond acceptors (Lipinski definition) is 9. The molecule has 0 bridgehead atoms. The summed E-state index contributed by atoms with van der Waals surface area (Å²) in [4.78, 5) is 89.5. The maximum atomic E-state index is 13.4. The first-order chi connectivity index (χ1) is 24.8. The summed E-state index contributed by atoms with van der Waals surface area (Å²) >= 11 is 0. The first kappa shape index (κ1) is 43.7. The predicted molar refractivity (Wildman–Crippen MR) is 198 cm³/mol. The van der Waals surface area contributed by atoms with E-state index in [0.29, 0.717) is 5.56 Å². The van der Waals surface area contributed by atoms with Crippen LogP contribution >= 0.6 is 0 Å². The quantitative estimate of drug-likeness (QED) is 0.0865. The third-order valence-electron chi connectivity index (χ3n) is 8.48. The van der Waals surface area contributed by atoms with Crippen LogP contribution in [0, 0.1) is 25.7 Å². The molecule has 5 atom stereocenters. The molecular formula is C37H54N8O8. The van der Waals surface area contributed by atoms with E-state index in [1.165, 1.54) is 6.92 Å². The molecule has 0 aliphatic heterocycles. The van der Waals surface area contributed by atoms with Gasteiger partial charge < -0.3 is 48.5 Å². The molecule has 0 aliphatic rings. The Hall–Kier alpha value is -5.51. The van der Waals surface area contributed by atoms with E-state index in [9.17, 15) is 38.7 Å². The third kappa shape index (κ3) is 14.2. The van der Waals surface area contributed by atoms with Gasteiger partial charge in [0, 0.05) is 6.42 Å². The Labute approximate surface area is 310 Å². The normalized spacial score (nSPS) is 13.8. The number of phenols is 1. The Morgan fingerprint density at radius 2 is 1.21 bits per heavy atom. The fourth-order valence-electron chi connectivity index (χ4n) is 5.46. The average Bonchev–Trinajstić information content (AvgIpc) is 3.08. The lowest BCUT2D eigenvalue weighted by Gasteiger charge is -2.27. The molecule has 7 amide bonds. The van der Waals surface area contributed by atoms with Gasteiger partial charge in [-0.15, -0.1) is 0 Å². The van der Waals surface area contributed by atoms with Crippen LogP contribution in [0.15, 0.2) is 42.5 Å². The van der Waals surface area contributed by atoms with Crippen LogP contribution in [0.5, 0.6) is 5.75 Å². The molecule has 0 saturated carbocycles. The molecule has 2 aromatic rings. The summed E-state index contributed by atoms with van der Waals surface area (Å²) in [5, 5.41) is 25.1. The first-order valence-electron chi connectivity index (χ1n) is 17.4. The highest BCUT2D eigenvalue weighted by atomic mass is 16.3. The molecule has 0 spiro atoms. The van der Waals surface area contributed by atoms with Gasteiger partial charge in [0.1, 0.15) is 29.9 Å². The van der Waals surface area contributed by atoms with E-state index in [1.807, 2.05) is 0 Å². The average molecular weight is 739 g/mol. The summed E-state index contributed by atoms with van der Waals surface area (Å²) in [5.74, 6) is -5.34. The zero-order chi connectivity index (χ0) is 40.0. The van der Waals surface area contributed by atoms with Crippen molar-refractivity contribution >= 4 is 41.4 Å². The second-order valence-electron chi connectivity index (χ2n) is 13.8. The van der Waals surface area contributed by atoms with Crippen LogP contribution in [-0.2, 0) is 46.4 Å². The fraction of sp³-hybridized carbons (Fsp3) is 0.486. The van der Waals surface area contributed by atoms with E-state index in [0.717, 1.165) is 16.7 Å². The van der Waals surface area contributed by atoms with E-state index in [4.69, 9.17) is 11.5 Å². The number of rotatable bonds is 19. The lowest BCUT2D eigenvalue weighted by atomic mass is 9.96. The van der Waals surface area contributed by atoms with Crippen molar-refractivity contribution in [2.75, 3.05) is 13.1 Å². The number of amides is 7. The van der Waals surface area contributed by atoms with Crippen LogP contribution in [0.25, 0.3) is 0 Å². The molecule has 0 saturated heterocycles. The molecular weight excluding hydrogens is 684 g/mol. The van der Waals surface area contributed by atoms with Gasteiger partial charge in [0.25, 0.3) is 0 Å². The molecule has 0 fully saturated rings. The van der Waals surface area contributed by atoms with Gasteiger partial charge in [-0.1, -0.05) is 58.0 Å². The minimum Gasteiger partial charge on any atom is -0.508 e. The molecule has 53 heavy (non-hydrogen) atoms.